The van der Waals surface area contributed by atoms with Crippen LogP contribution in [0.1, 0.15) is 46.5 Å². The summed E-state index contributed by atoms with van der Waals surface area (Å²) in [6.45, 7) is 6.42. The van der Waals surface area contributed by atoms with Crippen molar-refractivity contribution >= 4 is 5.78 Å². The number of ketones is 1. The van der Waals surface area contributed by atoms with Crippen molar-refractivity contribution in [1.82, 2.24) is 5.32 Å². The number of Topliss-reactive ketones (excluding diaryl/α,β-unsaturated/α-hetero) is 1. The lowest BCUT2D eigenvalue weighted by atomic mass is 9.99. The van der Waals surface area contributed by atoms with Gasteiger partial charge in [-0.2, -0.15) is 0 Å². The lowest BCUT2D eigenvalue weighted by Gasteiger charge is -2.14. The maximum atomic E-state index is 11.6. The molecule has 0 saturated carbocycles. The Morgan fingerprint density at radius 2 is 1.92 bits per heavy atom. The Morgan fingerprint density at radius 1 is 1.31 bits per heavy atom. The molecular formula is C11H23NO. The van der Waals surface area contributed by atoms with E-state index < -0.39 is 0 Å². The van der Waals surface area contributed by atoms with Gasteiger partial charge in [0.25, 0.3) is 0 Å². The molecule has 0 amide bonds. The van der Waals surface area contributed by atoms with Crippen molar-refractivity contribution in [2.75, 3.05) is 7.05 Å². The molecule has 0 bridgehead atoms. The second-order valence-corrected chi connectivity index (χ2v) is 4.03. The molecule has 2 heteroatoms. The Balaban J connectivity index is 3.77. The van der Waals surface area contributed by atoms with Crippen LogP contribution in [0.3, 0.4) is 0 Å². The zero-order chi connectivity index (χ0) is 10.3. The third-order valence-corrected chi connectivity index (χ3v) is 2.28. The molecule has 0 aromatic heterocycles. The van der Waals surface area contributed by atoms with Gasteiger partial charge < -0.3 is 5.32 Å². The minimum absolute atomic E-state index is 0.0868. The predicted octanol–water partition coefficient (Wildman–Crippen LogP) is 2.38. The standard InChI is InChI=1S/C11H23NO/c1-5-6-10(12-4)11(13)8-7-9(2)3/h9-10,12H,5-8H2,1-4H3/t10-/m0/s1. The van der Waals surface area contributed by atoms with Gasteiger partial charge in [-0.05, 0) is 25.8 Å². The summed E-state index contributed by atoms with van der Waals surface area (Å²) in [6, 6.07) is 0.0868. The quantitative estimate of drug-likeness (QED) is 0.660. The molecule has 0 unspecified atom stereocenters. The van der Waals surface area contributed by atoms with E-state index in [0.717, 1.165) is 25.7 Å². The molecule has 0 heterocycles. The zero-order valence-electron chi connectivity index (χ0n) is 9.39. The average molecular weight is 185 g/mol. The molecule has 0 saturated heterocycles. The number of hydrogen-bond acceptors (Lipinski definition) is 2. The van der Waals surface area contributed by atoms with E-state index in [2.05, 4.69) is 26.1 Å². The number of carbonyl (C=O) groups excluding carboxylic acids is 1. The van der Waals surface area contributed by atoms with Crippen LogP contribution < -0.4 is 5.32 Å². The fourth-order valence-electron chi connectivity index (χ4n) is 1.36. The summed E-state index contributed by atoms with van der Waals surface area (Å²) in [5.41, 5.74) is 0. The normalized spacial score (nSPS) is 13.3. The number of rotatable bonds is 7. The van der Waals surface area contributed by atoms with Gasteiger partial charge >= 0.3 is 0 Å². The van der Waals surface area contributed by atoms with Gasteiger partial charge in [0.05, 0.1) is 6.04 Å². The summed E-state index contributed by atoms with van der Waals surface area (Å²) in [6.07, 6.45) is 3.77. The zero-order valence-corrected chi connectivity index (χ0v) is 9.39. The third-order valence-electron chi connectivity index (χ3n) is 2.28. The maximum absolute atomic E-state index is 11.6. The number of hydrogen-bond donors (Lipinski definition) is 1. The summed E-state index contributed by atoms with van der Waals surface area (Å²) in [5, 5.41) is 3.08. The van der Waals surface area contributed by atoms with E-state index in [4.69, 9.17) is 0 Å². The van der Waals surface area contributed by atoms with Crippen molar-refractivity contribution in [2.45, 2.75) is 52.5 Å². The Bertz CT molecular complexity index is 143. The first-order valence-corrected chi connectivity index (χ1v) is 5.31. The van der Waals surface area contributed by atoms with Crippen LogP contribution in [0.5, 0.6) is 0 Å². The van der Waals surface area contributed by atoms with E-state index in [9.17, 15) is 4.79 Å². The van der Waals surface area contributed by atoms with Crippen LogP contribution in [0.15, 0.2) is 0 Å². The molecule has 0 radical (unpaired) electrons. The van der Waals surface area contributed by atoms with Crippen LogP contribution in [-0.4, -0.2) is 18.9 Å². The first-order valence-electron chi connectivity index (χ1n) is 5.31. The Hall–Kier alpha value is -0.370. The molecule has 1 N–H and O–H groups in total. The highest BCUT2D eigenvalue weighted by Gasteiger charge is 2.14. The number of carbonyl (C=O) groups is 1. The van der Waals surface area contributed by atoms with Gasteiger partial charge in [0.1, 0.15) is 5.78 Å². The highest BCUT2D eigenvalue weighted by molar-refractivity contribution is 5.83. The molecule has 13 heavy (non-hydrogen) atoms. The summed E-state index contributed by atoms with van der Waals surface area (Å²) in [7, 11) is 1.87. The van der Waals surface area contributed by atoms with Gasteiger partial charge in [0.15, 0.2) is 0 Å². The molecule has 0 aliphatic rings. The molecule has 0 fully saturated rings. The molecule has 78 valence electrons. The van der Waals surface area contributed by atoms with Crippen molar-refractivity contribution < 1.29 is 4.79 Å². The monoisotopic (exact) mass is 185 g/mol. The van der Waals surface area contributed by atoms with E-state index in [1.165, 1.54) is 0 Å². The lowest BCUT2D eigenvalue weighted by Crippen LogP contribution is -2.33. The van der Waals surface area contributed by atoms with Crippen LogP contribution in [0.2, 0.25) is 0 Å². The van der Waals surface area contributed by atoms with E-state index in [1.807, 2.05) is 7.05 Å². The van der Waals surface area contributed by atoms with Crippen molar-refractivity contribution in [3.05, 3.63) is 0 Å². The highest BCUT2D eigenvalue weighted by Crippen LogP contribution is 2.08. The summed E-state index contributed by atoms with van der Waals surface area (Å²) in [4.78, 5) is 11.6. The topological polar surface area (TPSA) is 29.1 Å². The van der Waals surface area contributed by atoms with E-state index in [0.29, 0.717) is 11.7 Å². The first kappa shape index (κ1) is 12.6. The molecular weight excluding hydrogens is 162 g/mol. The van der Waals surface area contributed by atoms with Crippen LogP contribution >= 0.6 is 0 Å². The van der Waals surface area contributed by atoms with Crippen molar-refractivity contribution in [3.8, 4) is 0 Å². The van der Waals surface area contributed by atoms with Gasteiger partial charge in [-0.25, -0.2) is 0 Å². The smallest absolute Gasteiger partial charge is 0.149 e. The predicted molar refractivity (Wildman–Crippen MR) is 56.8 cm³/mol. The van der Waals surface area contributed by atoms with Crippen LogP contribution in [0.25, 0.3) is 0 Å². The molecule has 2 nitrogen and oxygen atoms in total. The van der Waals surface area contributed by atoms with Crippen molar-refractivity contribution in [1.29, 1.82) is 0 Å². The van der Waals surface area contributed by atoms with Crippen LogP contribution in [0, 0.1) is 5.92 Å². The van der Waals surface area contributed by atoms with Gasteiger partial charge in [0, 0.05) is 6.42 Å². The van der Waals surface area contributed by atoms with Gasteiger partial charge in [0.2, 0.25) is 0 Å². The van der Waals surface area contributed by atoms with Gasteiger partial charge in [-0.15, -0.1) is 0 Å². The molecule has 0 spiro atoms. The van der Waals surface area contributed by atoms with Crippen LogP contribution in [-0.2, 0) is 4.79 Å². The molecule has 0 aliphatic heterocycles. The Labute approximate surface area is 82.1 Å². The van der Waals surface area contributed by atoms with E-state index in [1.54, 1.807) is 0 Å². The molecule has 1 atom stereocenters. The van der Waals surface area contributed by atoms with Crippen molar-refractivity contribution in [3.63, 3.8) is 0 Å². The molecule has 0 rings (SSSR count). The fourth-order valence-corrected chi connectivity index (χ4v) is 1.36. The number of nitrogens with one attached hydrogen (secondary N) is 1. The molecule has 0 aromatic rings. The summed E-state index contributed by atoms with van der Waals surface area (Å²) in [5.74, 6) is 1.00. The van der Waals surface area contributed by atoms with Crippen molar-refractivity contribution in [2.24, 2.45) is 5.92 Å². The highest BCUT2D eigenvalue weighted by atomic mass is 16.1. The van der Waals surface area contributed by atoms with E-state index in [-0.39, 0.29) is 6.04 Å². The summed E-state index contributed by atoms with van der Waals surface area (Å²) >= 11 is 0. The van der Waals surface area contributed by atoms with E-state index >= 15 is 0 Å². The Kier molecular flexibility index (Phi) is 6.87. The first-order chi connectivity index (χ1) is 6.11. The average Bonchev–Trinajstić information content (AvgIpc) is 2.10. The fraction of sp³-hybridized carbons (Fsp3) is 0.909. The number of likely N-dealkylation sites (N-methyl/N-ethyl adjacent to an activating group) is 1. The largest absolute Gasteiger partial charge is 0.311 e. The minimum Gasteiger partial charge on any atom is -0.311 e. The molecule has 0 aromatic carbocycles. The third kappa shape index (κ3) is 5.81. The Morgan fingerprint density at radius 3 is 2.31 bits per heavy atom. The molecule has 0 aliphatic carbocycles. The van der Waals surface area contributed by atoms with Gasteiger partial charge in [-0.1, -0.05) is 27.2 Å². The minimum atomic E-state index is 0.0868. The maximum Gasteiger partial charge on any atom is 0.149 e. The second-order valence-electron chi connectivity index (χ2n) is 4.03. The SMILES string of the molecule is CCC[C@H](NC)C(=O)CCC(C)C. The second kappa shape index (κ2) is 7.07. The van der Waals surface area contributed by atoms with Gasteiger partial charge in [-0.3, -0.25) is 4.79 Å². The van der Waals surface area contributed by atoms with Crippen LogP contribution in [0.4, 0.5) is 0 Å². The lowest BCUT2D eigenvalue weighted by molar-refractivity contribution is -0.121. The summed E-state index contributed by atoms with van der Waals surface area (Å²) < 4.78 is 0.